The smallest absolute Gasteiger partial charge is 0.253 e. The van der Waals surface area contributed by atoms with Crippen LogP contribution in [0, 0.1) is 0 Å². The topological polar surface area (TPSA) is 96.4 Å². The van der Waals surface area contributed by atoms with E-state index in [1.54, 1.807) is 0 Å². The lowest BCUT2D eigenvalue weighted by Gasteiger charge is -1.84. The van der Waals surface area contributed by atoms with E-state index in [1.165, 1.54) is 0 Å². The van der Waals surface area contributed by atoms with Crippen LogP contribution in [0.3, 0.4) is 0 Å². The Morgan fingerprint density at radius 2 is 1.67 bits per heavy atom. The van der Waals surface area contributed by atoms with Gasteiger partial charge in [0.25, 0.3) is 0 Å². The fourth-order valence-electron chi connectivity index (χ4n) is 0.0625. The predicted octanol–water partition coefficient (Wildman–Crippen LogP) is -3.40. The lowest BCUT2D eigenvalue weighted by atomic mass is 11.1. The van der Waals surface area contributed by atoms with Crippen molar-refractivity contribution in [1.29, 1.82) is 0 Å². The van der Waals surface area contributed by atoms with Crippen LogP contribution in [0.5, 0.6) is 0 Å². The van der Waals surface area contributed by atoms with Crippen molar-refractivity contribution in [2.24, 2.45) is 0 Å². The van der Waals surface area contributed by atoms with Gasteiger partial charge in [0.1, 0.15) is 0 Å². The van der Waals surface area contributed by atoms with E-state index in [0.717, 1.165) is 0 Å². The summed E-state index contributed by atoms with van der Waals surface area (Å²) in [6, 6.07) is -0.380. The van der Waals surface area contributed by atoms with Crippen LogP contribution in [0.15, 0.2) is 0 Å². The highest BCUT2D eigenvalue weighted by molar-refractivity contribution is 5.70. The van der Waals surface area contributed by atoms with E-state index in [-0.39, 0.29) is 6.03 Å². The second kappa shape index (κ2) is 2.43. The third-order valence-corrected chi connectivity index (χ3v) is 0.321. The molecule has 0 aromatic carbocycles. The first kappa shape index (κ1) is 5.19. The van der Waals surface area contributed by atoms with Gasteiger partial charge in [-0.25, -0.2) is 4.79 Å². The second-order valence-corrected chi connectivity index (χ2v) is 0.683. The summed E-state index contributed by atoms with van der Waals surface area (Å²) in [5, 5.41) is 0. The van der Waals surface area contributed by atoms with Gasteiger partial charge >= 0.3 is 6.03 Å². The monoisotopic (exact) mass is 92.1 g/mol. The number of hydrogen-bond donors (Lipinski definition) is 4. The molecule has 0 aliphatic carbocycles. The Balaban J connectivity index is 2.99. The van der Waals surface area contributed by atoms with Crippen LogP contribution in [0.2, 0.25) is 0 Å². The van der Waals surface area contributed by atoms with Crippen LogP contribution in [0.25, 0.3) is 0 Å². The van der Waals surface area contributed by atoms with E-state index in [9.17, 15) is 4.79 Å². The number of quaternary nitrogens is 2. The van der Waals surface area contributed by atoms with E-state index in [4.69, 9.17) is 0 Å². The van der Waals surface area contributed by atoms with Gasteiger partial charge in [-0.3, -0.25) is 11.7 Å². The van der Waals surface area contributed by atoms with Gasteiger partial charge < -0.3 is 0 Å². The summed E-state index contributed by atoms with van der Waals surface area (Å²) in [6.45, 7) is 0. The molecule has 5 nitrogen and oxygen atoms in total. The first-order chi connectivity index (χ1) is 2.81. The first-order valence-electron chi connectivity index (χ1n) is 1.41. The number of nitrogens with one attached hydrogen (secondary N) is 2. The standard InChI is InChI=1S/CH6N4O/c2-4-1(6)5-3/h2-3H2,(H2,4,5,6)/p+2. The minimum Gasteiger partial charge on any atom is -0.253 e. The van der Waals surface area contributed by atoms with E-state index < -0.39 is 0 Å². The molecule has 0 saturated carbocycles. The molecule has 0 rings (SSSR count). The zero-order valence-electron chi connectivity index (χ0n) is 3.32. The van der Waals surface area contributed by atoms with Crippen molar-refractivity contribution in [3.05, 3.63) is 0 Å². The van der Waals surface area contributed by atoms with Crippen LogP contribution >= 0.6 is 0 Å². The normalized spacial score (nSPS) is 7.00. The molecule has 0 fully saturated rings. The number of amides is 2. The average molecular weight is 92.1 g/mol. The molecular formula is CH8N4O+2. The zero-order valence-corrected chi connectivity index (χ0v) is 3.32. The molecule has 5 heteroatoms. The minimum atomic E-state index is -0.380. The molecule has 0 bridgehead atoms. The molecule has 0 aliphatic rings. The van der Waals surface area contributed by atoms with E-state index in [2.05, 4.69) is 22.5 Å². The molecule has 0 heterocycles. The van der Waals surface area contributed by atoms with Gasteiger partial charge in [0.2, 0.25) is 0 Å². The summed E-state index contributed by atoms with van der Waals surface area (Å²) in [4.78, 5) is 9.83. The molecule has 0 aromatic heterocycles. The number of rotatable bonds is 0. The van der Waals surface area contributed by atoms with Gasteiger partial charge in [-0.15, -0.1) is 0 Å². The molecule has 36 valence electrons. The first-order valence-corrected chi connectivity index (χ1v) is 1.41. The summed E-state index contributed by atoms with van der Waals surface area (Å²) in [6.07, 6.45) is 0. The molecule has 8 N–H and O–H groups in total. The third kappa shape index (κ3) is 1.50. The maximum Gasteiger partial charge on any atom is 0.402 e. The molecular weight excluding hydrogens is 84.0 g/mol. The van der Waals surface area contributed by atoms with Crippen LogP contribution in [-0.2, 0) is 0 Å². The molecule has 0 spiro atoms. The summed E-state index contributed by atoms with van der Waals surface area (Å²) in [5.74, 6) is 6.11. The predicted molar refractivity (Wildman–Crippen MR) is 17.4 cm³/mol. The Labute approximate surface area is 34.6 Å². The lowest BCUT2D eigenvalue weighted by molar-refractivity contribution is -0.451. The fourth-order valence-corrected chi connectivity index (χ4v) is 0.0625. The Bertz CT molecular complexity index is 45.5. The van der Waals surface area contributed by atoms with Gasteiger partial charge in [-0.1, -0.05) is 0 Å². The SMILES string of the molecule is [NH3+]NC(=O)N[NH3+]. The zero-order chi connectivity index (χ0) is 4.99. The third-order valence-electron chi connectivity index (χ3n) is 0.321. The largest absolute Gasteiger partial charge is 0.402 e. The van der Waals surface area contributed by atoms with Crippen molar-refractivity contribution < 1.29 is 16.5 Å². The molecule has 6 heavy (non-hydrogen) atoms. The number of hydrogen-bond acceptors (Lipinski definition) is 1. The van der Waals surface area contributed by atoms with Gasteiger partial charge in [-0.2, -0.15) is 10.9 Å². The number of urea groups is 1. The second-order valence-electron chi connectivity index (χ2n) is 0.683. The molecule has 0 aromatic rings. The van der Waals surface area contributed by atoms with E-state index in [0.29, 0.717) is 0 Å². The van der Waals surface area contributed by atoms with Gasteiger partial charge in [0.15, 0.2) is 0 Å². The summed E-state index contributed by atoms with van der Waals surface area (Å²) in [7, 11) is 0. The minimum absolute atomic E-state index is 0.380. The van der Waals surface area contributed by atoms with E-state index in [1.807, 2.05) is 0 Å². The Morgan fingerprint density at radius 1 is 1.33 bits per heavy atom. The van der Waals surface area contributed by atoms with Crippen molar-refractivity contribution in [3.8, 4) is 0 Å². The van der Waals surface area contributed by atoms with Gasteiger partial charge in [0.05, 0.1) is 0 Å². The highest BCUT2D eigenvalue weighted by Gasteiger charge is 1.89. The Morgan fingerprint density at radius 3 is 1.67 bits per heavy atom. The lowest BCUT2D eigenvalue weighted by Crippen LogP contribution is -2.77. The van der Waals surface area contributed by atoms with Gasteiger partial charge in [0, 0.05) is 0 Å². The Hall–Kier alpha value is -0.810. The fraction of sp³-hybridized carbons (Fsp3) is 0. The van der Waals surface area contributed by atoms with Crippen LogP contribution in [0.4, 0.5) is 4.79 Å². The van der Waals surface area contributed by atoms with Crippen molar-refractivity contribution in [2.75, 3.05) is 0 Å². The molecule has 0 saturated heterocycles. The molecule has 0 atom stereocenters. The van der Waals surface area contributed by atoms with Crippen molar-refractivity contribution >= 4 is 6.03 Å². The van der Waals surface area contributed by atoms with Crippen LogP contribution in [0.1, 0.15) is 0 Å². The summed E-state index contributed by atoms with van der Waals surface area (Å²) < 4.78 is 0. The quantitative estimate of drug-likeness (QED) is 0.230. The molecule has 0 radical (unpaired) electrons. The van der Waals surface area contributed by atoms with Crippen molar-refractivity contribution in [2.45, 2.75) is 0 Å². The summed E-state index contributed by atoms with van der Waals surface area (Å²) in [5.41, 5.74) is 4.10. The highest BCUT2D eigenvalue weighted by atomic mass is 16.2. The molecule has 0 aliphatic heterocycles. The van der Waals surface area contributed by atoms with Crippen molar-refractivity contribution in [1.82, 2.24) is 10.9 Å². The summed E-state index contributed by atoms with van der Waals surface area (Å²) >= 11 is 0. The van der Waals surface area contributed by atoms with Crippen LogP contribution in [-0.4, -0.2) is 6.03 Å². The maximum absolute atomic E-state index is 9.83. The molecule has 0 unspecified atom stereocenters. The molecule has 2 amide bonds. The van der Waals surface area contributed by atoms with E-state index >= 15 is 0 Å². The number of carbonyl (C=O) groups is 1. The Kier molecular flexibility index (Phi) is 2.10. The highest BCUT2D eigenvalue weighted by Crippen LogP contribution is 1.39. The van der Waals surface area contributed by atoms with Crippen molar-refractivity contribution in [3.63, 3.8) is 0 Å². The number of carbonyl (C=O) groups excluding carboxylic acids is 1. The average Bonchev–Trinajstić information content (AvgIpc) is 1.65. The van der Waals surface area contributed by atoms with Crippen LogP contribution < -0.4 is 22.5 Å². The van der Waals surface area contributed by atoms with Gasteiger partial charge in [-0.05, 0) is 0 Å². The maximum atomic E-state index is 9.83.